The number of nitrogen functional groups attached to an aromatic ring is 1. The number of benzene rings is 2. The van der Waals surface area contributed by atoms with E-state index in [-0.39, 0.29) is 17.0 Å². The summed E-state index contributed by atoms with van der Waals surface area (Å²) < 4.78 is 38.0. The quantitative estimate of drug-likeness (QED) is 0.658. The Bertz CT molecular complexity index is 666. The summed E-state index contributed by atoms with van der Waals surface area (Å²) >= 11 is 6.64. The Morgan fingerprint density at radius 1 is 1.00 bits per heavy atom. The highest BCUT2D eigenvalue weighted by Crippen LogP contribution is 2.40. The molecule has 0 aliphatic rings. The maximum atomic E-state index is 13.0. The first-order valence-electron chi connectivity index (χ1n) is 5.81. The number of halogens is 4. The van der Waals surface area contributed by atoms with E-state index in [2.05, 4.69) is 31.9 Å². The van der Waals surface area contributed by atoms with Gasteiger partial charge in [-0.3, -0.25) is 0 Å². The molecule has 0 saturated heterocycles. The second kappa shape index (κ2) is 6.62. The van der Waals surface area contributed by atoms with Crippen molar-refractivity contribution >= 4 is 37.5 Å². The Balaban J connectivity index is 2.41. The zero-order valence-corrected chi connectivity index (χ0v) is 14.0. The van der Waals surface area contributed by atoms with Crippen molar-refractivity contribution in [1.82, 2.24) is 0 Å². The Hall–Kier alpha value is -1.34. The van der Waals surface area contributed by atoms with E-state index in [9.17, 15) is 8.78 Å². The first kappa shape index (κ1) is 16.0. The number of methoxy groups -OCH3 is 1. The number of hydrogen-bond acceptors (Lipinski definition) is 3. The van der Waals surface area contributed by atoms with E-state index in [0.717, 1.165) is 0 Å². The average molecular weight is 423 g/mol. The highest BCUT2D eigenvalue weighted by Gasteiger charge is 2.17. The van der Waals surface area contributed by atoms with E-state index >= 15 is 0 Å². The summed E-state index contributed by atoms with van der Waals surface area (Å²) in [4.78, 5) is 0. The fourth-order valence-corrected chi connectivity index (χ4v) is 2.58. The van der Waals surface area contributed by atoms with Gasteiger partial charge in [0.1, 0.15) is 17.2 Å². The van der Waals surface area contributed by atoms with Gasteiger partial charge in [0.05, 0.1) is 21.6 Å². The SMILES string of the molecule is COc1cc(Br)c(Oc2ccc(N)cc2C(F)F)cc1Br. The van der Waals surface area contributed by atoms with Crippen LogP contribution >= 0.6 is 31.9 Å². The minimum Gasteiger partial charge on any atom is -0.496 e. The van der Waals surface area contributed by atoms with Crippen LogP contribution in [0.1, 0.15) is 12.0 Å². The topological polar surface area (TPSA) is 44.5 Å². The smallest absolute Gasteiger partial charge is 0.267 e. The van der Waals surface area contributed by atoms with Gasteiger partial charge in [-0.2, -0.15) is 0 Å². The van der Waals surface area contributed by atoms with Gasteiger partial charge >= 0.3 is 0 Å². The molecule has 0 aromatic heterocycles. The van der Waals surface area contributed by atoms with Crippen molar-refractivity contribution in [2.24, 2.45) is 0 Å². The van der Waals surface area contributed by atoms with E-state index in [1.807, 2.05) is 0 Å². The van der Waals surface area contributed by atoms with Crippen molar-refractivity contribution in [2.45, 2.75) is 6.43 Å². The van der Waals surface area contributed by atoms with Gasteiger partial charge in [-0.1, -0.05) is 0 Å². The van der Waals surface area contributed by atoms with Gasteiger partial charge in [-0.25, -0.2) is 8.78 Å². The molecule has 7 heteroatoms. The lowest BCUT2D eigenvalue weighted by Gasteiger charge is -2.14. The van der Waals surface area contributed by atoms with Crippen LogP contribution in [0.15, 0.2) is 39.3 Å². The van der Waals surface area contributed by atoms with E-state index in [0.29, 0.717) is 20.4 Å². The molecular formula is C14H11Br2F2NO2. The molecule has 3 nitrogen and oxygen atoms in total. The van der Waals surface area contributed by atoms with Gasteiger partial charge in [0.2, 0.25) is 0 Å². The molecule has 0 amide bonds. The Labute approximate surface area is 137 Å². The monoisotopic (exact) mass is 421 g/mol. The molecule has 0 heterocycles. The maximum absolute atomic E-state index is 13.0. The average Bonchev–Trinajstić information content (AvgIpc) is 2.44. The molecule has 2 N–H and O–H groups in total. The van der Waals surface area contributed by atoms with Crippen LogP contribution < -0.4 is 15.2 Å². The molecule has 0 radical (unpaired) electrons. The molecule has 0 bridgehead atoms. The third-order valence-electron chi connectivity index (χ3n) is 2.70. The Kier molecular flexibility index (Phi) is 5.05. The van der Waals surface area contributed by atoms with E-state index in [1.165, 1.54) is 25.3 Å². The van der Waals surface area contributed by atoms with Crippen LogP contribution in [0.4, 0.5) is 14.5 Å². The van der Waals surface area contributed by atoms with Crippen LogP contribution in [0.3, 0.4) is 0 Å². The summed E-state index contributed by atoms with van der Waals surface area (Å²) in [6.07, 6.45) is -2.68. The summed E-state index contributed by atoms with van der Waals surface area (Å²) in [5, 5.41) is 0. The lowest BCUT2D eigenvalue weighted by Crippen LogP contribution is -1.96. The van der Waals surface area contributed by atoms with Gasteiger partial charge in [0.25, 0.3) is 6.43 Å². The second-order valence-corrected chi connectivity index (χ2v) is 5.83. The Morgan fingerprint density at radius 3 is 2.24 bits per heavy atom. The zero-order chi connectivity index (χ0) is 15.6. The highest BCUT2D eigenvalue weighted by molar-refractivity contribution is 9.11. The fourth-order valence-electron chi connectivity index (χ4n) is 1.69. The van der Waals surface area contributed by atoms with Crippen molar-refractivity contribution in [2.75, 3.05) is 12.8 Å². The summed E-state index contributed by atoms with van der Waals surface area (Å²) in [5.41, 5.74) is 5.53. The van der Waals surface area contributed by atoms with Crippen LogP contribution in [-0.2, 0) is 0 Å². The molecule has 0 fully saturated rings. The second-order valence-electron chi connectivity index (χ2n) is 4.12. The third-order valence-corrected chi connectivity index (χ3v) is 3.93. The molecule has 2 aromatic carbocycles. The maximum Gasteiger partial charge on any atom is 0.267 e. The number of rotatable bonds is 4. The van der Waals surface area contributed by atoms with Gasteiger partial charge in [-0.05, 0) is 62.2 Å². The van der Waals surface area contributed by atoms with Gasteiger partial charge in [-0.15, -0.1) is 0 Å². The predicted molar refractivity (Wildman–Crippen MR) is 84.3 cm³/mol. The molecule has 0 spiro atoms. The number of ether oxygens (including phenoxy) is 2. The molecule has 0 aliphatic heterocycles. The summed E-state index contributed by atoms with van der Waals surface area (Å²) in [7, 11) is 1.53. The van der Waals surface area contributed by atoms with Crippen molar-refractivity contribution in [1.29, 1.82) is 0 Å². The molecule has 0 unspecified atom stereocenters. The van der Waals surface area contributed by atoms with Gasteiger partial charge in [0, 0.05) is 5.69 Å². The highest BCUT2D eigenvalue weighted by atomic mass is 79.9. The van der Waals surface area contributed by atoms with Crippen LogP contribution in [0.5, 0.6) is 17.2 Å². The van der Waals surface area contributed by atoms with E-state index < -0.39 is 6.43 Å². The largest absolute Gasteiger partial charge is 0.496 e. The Morgan fingerprint density at radius 2 is 1.62 bits per heavy atom. The van der Waals surface area contributed by atoms with Crippen LogP contribution in [0.2, 0.25) is 0 Å². The number of hydrogen-bond donors (Lipinski definition) is 1. The van der Waals surface area contributed by atoms with Crippen molar-refractivity contribution in [3.05, 3.63) is 44.8 Å². The molecule has 2 rings (SSSR count). The summed E-state index contributed by atoms with van der Waals surface area (Å²) in [6, 6.07) is 7.44. The normalized spacial score (nSPS) is 10.8. The molecule has 112 valence electrons. The lowest BCUT2D eigenvalue weighted by atomic mass is 10.2. The zero-order valence-electron chi connectivity index (χ0n) is 10.9. The predicted octanol–water partition coefficient (Wildman–Crippen LogP) is 5.53. The van der Waals surface area contributed by atoms with E-state index in [4.69, 9.17) is 15.2 Å². The molecule has 0 aliphatic carbocycles. The standard InChI is InChI=1S/C14H11Br2F2NO2/c1-20-12-5-10(16)13(6-9(12)15)21-11-3-2-7(19)4-8(11)14(17)18/h2-6,14H,19H2,1H3. The minimum absolute atomic E-state index is 0.0527. The minimum atomic E-state index is -2.68. The summed E-state index contributed by atoms with van der Waals surface area (Å²) in [5.74, 6) is 1.03. The number of anilines is 1. The third kappa shape index (κ3) is 3.65. The van der Waals surface area contributed by atoms with Crippen LogP contribution in [0, 0.1) is 0 Å². The van der Waals surface area contributed by atoms with Gasteiger partial charge < -0.3 is 15.2 Å². The molecule has 0 saturated carbocycles. The molecule has 0 atom stereocenters. The number of nitrogens with two attached hydrogens (primary N) is 1. The van der Waals surface area contributed by atoms with Crippen LogP contribution in [0.25, 0.3) is 0 Å². The fraction of sp³-hybridized carbons (Fsp3) is 0.143. The lowest BCUT2D eigenvalue weighted by molar-refractivity contribution is 0.148. The van der Waals surface area contributed by atoms with Crippen molar-refractivity contribution in [3.8, 4) is 17.2 Å². The first-order chi connectivity index (χ1) is 9.92. The van der Waals surface area contributed by atoms with Crippen molar-refractivity contribution in [3.63, 3.8) is 0 Å². The number of alkyl halides is 2. The first-order valence-corrected chi connectivity index (χ1v) is 7.39. The van der Waals surface area contributed by atoms with E-state index in [1.54, 1.807) is 12.1 Å². The molecular weight excluding hydrogens is 412 g/mol. The molecule has 2 aromatic rings. The summed E-state index contributed by atoms with van der Waals surface area (Å²) in [6.45, 7) is 0. The van der Waals surface area contributed by atoms with Crippen molar-refractivity contribution < 1.29 is 18.3 Å². The molecule has 21 heavy (non-hydrogen) atoms. The van der Waals surface area contributed by atoms with Crippen LogP contribution in [-0.4, -0.2) is 7.11 Å². The van der Waals surface area contributed by atoms with Gasteiger partial charge in [0.15, 0.2) is 0 Å².